The van der Waals surface area contributed by atoms with Gasteiger partial charge >= 0.3 is 12.0 Å². The number of ether oxygens (including phenoxy) is 1. The van der Waals surface area contributed by atoms with Crippen LogP contribution < -0.4 is 0 Å². The lowest BCUT2D eigenvalue weighted by Crippen LogP contribution is -2.51. The Balaban J connectivity index is 2.57. The van der Waals surface area contributed by atoms with Crippen LogP contribution in [0.4, 0.5) is 4.79 Å². The normalized spacial score (nSPS) is 19.1. The molecular formula is C12H18N2O4. The maximum atomic E-state index is 12.1. The summed E-state index contributed by atoms with van der Waals surface area (Å²) >= 11 is 0. The number of amides is 2. The van der Waals surface area contributed by atoms with Crippen LogP contribution in [0.15, 0.2) is 0 Å². The van der Waals surface area contributed by atoms with Gasteiger partial charge < -0.3 is 19.6 Å². The number of hydrogen-bond donors (Lipinski definition) is 1. The Kier molecular flexibility index (Phi) is 5.46. The third kappa shape index (κ3) is 3.93. The van der Waals surface area contributed by atoms with Crippen LogP contribution in [-0.2, 0) is 9.53 Å². The molecule has 0 aromatic heterocycles. The number of urea groups is 1. The zero-order valence-corrected chi connectivity index (χ0v) is 10.5. The third-order valence-corrected chi connectivity index (χ3v) is 2.75. The molecule has 18 heavy (non-hydrogen) atoms. The Bertz CT molecular complexity index is 350. The van der Waals surface area contributed by atoms with E-state index in [1.807, 2.05) is 6.92 Å². The first kappa shape index (κ1) is 14.3. The lowest BCUT2D eigenvalue weighted by atomic mass is 10.2. The summed E-state index contributed by atoms with van der Waals surface area (Å²) in [7, 11) is 0. The van der Waals surface area contributed by atoms with Crippen molar-refractivity contribution in [2.24, 2.45) is 0 Å². The third-order valence-electron chi connectivity index (χ3n) is 2.75. The molecule has 0 aromatic carbocycles. The van der Waals surface area contributed by atoms with Gasteiger partial charge in [-0.05, 0) is 6.92 Å². The average molecular weight is 254 g/mol. The highest BCUT2D eigenvalue weighted by molar-refractivity contribution is 5.75. The van der Waals surface area contributed by atoms with Gasteiger partial charge in [-0.2, -0.15) is 0 Å². The van der Waals surface area contributed by atoms with E-state index in [0.29, 0.717) is 26.2 Å². The molecule has 1 aliphatic rings. The molecule has 1 atom stereocenters. The molecule has 1 unspecified atom stereocenters. The summed E-state index contributed by atoms with van der Waals surface area (Å²) in [4.78, 5) is 25.9. The summed E-state index contributed by atoms with van der Waals surface area (Å²) in [5.74, 6) is 1.51. The summed E-state index contributed by atoms with van der Waals surface area (Å²) in [5, 5.41) is 8.71. The van der Waals surface area contributed by atoms with E-state index in [1.54, 1.807) is 9.80 Å². The van der Waals surface area contributed by atoms with Crippen LogP contribution in [0.25, 0.3) is 0 Å². The van der Waals surface area contributed by atoms with Gasteiger partial charge in [-0.15, -0.1) is 6.42 Å². The van der Waals surface area contributed by atoms with Crippen LogP contribution >= 0.6 is 0 Å². The molecule has 1 rings (SSSR count). The van der Waals surface area contributed by atoms with Gasteiger partial charge in [-0.3, -0.25) is 4.79 Å². The van der Waals surface area contributed by atoms with Gasteiger partial charge in [-0.25, -0.2) is 4.79 Å². The predicted molar refractivity (Wildman–Crippen MR) is 65.0 cm³/mol. The molecule has 0 aromatic rings. The van der Waals surface area contributed by atoms with Gasteiger partial charge in [0.2, 0.25) is 0 Å². The average Bonchev–Trinajstić information content (AvgIpc) is 2.34. The van der Waals surface area contributed by atoms with E-state index in [2.05, 4.69) is 5.92 Å². The van der Waals surface area contributed by atoms with Crippen molar-refractivity contribution in [3.05, 3.63) is 0 Å². The Labute approximate surface area is 106 Å². The van der Waals surface area contributed by atoms with Crippen molar-refractivity contribution < 1.29 is 19.4 Å². The molecule has 1 fully saturated rings. The maximum absolute atomic E-state index is 12.1. The summed E-state index contributed by atoms with van der Waals surface area (Å²) in [6.45, 7) is 3.77. The standard InChI is InChI=1S/C12H18N2O4/c1-3-5-13(4-2)12(17)14-6-7-18-10(9-14)8-11(15)16/h1,10H,4-9H2,2H3,(H,15,16). The number of aliphatic carboxylic acids is 1. The molecule has 1 N–H and O–H groups in total. The largest absolute Gasteiger partial charge is 0.481 e. The Morgan fingerprint density at radius 1 is 1.61 bits per heavy atom. The second-order valence-corrected chi connectivity index (χ2v) is 4.04. The molecule has 2 amide bonds. The van der Waals surface area contributed by atoms with E-state index in [1.165, 1.54) is 0 Å². The summed E-state index contributed by atoms with van der Waals surface area (Å²) in [5.41, 5.74) is 0. The smallest absolute Gasteiger partial charge is 0.320 e. The van der Waals surface area contributed by atoms with Crippen molar-refractivity contribution >= 4 is 12.0 Å². The van der Waals surface area contributed by atoms with Crippen molar-refractivity contribution in [2.45, 2.75) is 19.4 Å². The van der Waals surface area contributed by atoms with Crippen molar-refractivity contribution in [1.82, 2.24) is 9.80 Å². The fourth-order valence-corrected chi connectivity index (χ4v) is 1.84. The number of carbonyl (C=O) groups is 2. The summed E-state index contributed by atoms with van der Waals surface area (Å²) < 4.78 is 5.31. The predicted octanol–water partition coefficient (Wildman–Crippen LogP) is 0.237. The van der Waals surface area contributed by atoms with Crippen molar-refractivity contribution in [3.8, 4) is 12.3 Å². The quantitative estimate of drug-likeness (QED) is 0.729. The van der Waals surface area contributed by atoms with Crippen LogP contribution in [0.1, 0.15) is 13.3 Å². The van der Waals surface area contributed by atoms with Gasteiger partial charge in [0, 0.05) is 19.6 Å². The van der Waals surface area contributed by atoms with Crippen molar-refractivity contribution in [1.29, 1.82) is 0 Å². The molecule has 100 valence electrons. The van der Waals surface area contributed by atoms with Crippen LogP contribution in [0.5, 0.6) is 0 Å². The van der Waals surface area contributed by atoms with E-state index in [0.717, 1.165) is 0 Å². The number of carboxylic acid groups (broad SMARTS) is 1. The van der Waals surface area contributed by atoms with Gasteiger partial charge in [0.05, 0.1) is 25.7 Å². The fraction of sp³-hybridized carbons (Fsp3) is 0.667. The molecule has 6 heteroatoms. The molecule has 0 radical (unpaired) electrons. The molecule has 0 spiro atoms. The highest BCUT2D eigenvalue weighted by Crippen LogP contribution is 2.11. The number of terminal acetylenes is 1. The second kappa shape index (κ2) is 6.87. The molecule has 0 saturated carbocycles. The molecule has 6 nitrogen and oxygen atoms in total. The Morgan fingerprint density at radius 2 is 2.33 bits per heavy atom. The van der Waals surface area contributed by atoms with Crippen molar-refractivity contribution in [3.63, 3.8) is 0 Å². The first-order chi connectivity index (χ1) is 8.58. The SMILES string of the molecule is C#CCN(CC)C(=O)N1CCOC(CC(=O)O)C1. The fourth-order valence-electron chi connectivity index (χ4n) is 1.84. The van der Waals surface area contributed by atoms with Gasteiger partial charge in [-0.1, -0.05) is 5.92 Å². The van der Waals surface area contributed by atoms with Gasteiger partial charge in [0.25, 0.3) is 0 Å². The number of carboxylic acids is 1. The Hall–Kier alpha value is -1.74. The minimum atomic E-state index is -0.926. The van der Waals surface area contributed by atoms with Crippen LogP contribution in [0.2, 0.25) is 0 Å². The van der Waals surface area contributed by atoms with E-state index in [-0.39, 0.29) is 19.0 Å². The number of nitrogens with zero attached hydrogens (tertiary/aromatic N) is 2. The number of hydrogen-bond acceptors (Lipinski definition) is 3. The number of rotatable bonds is 4. The summed E-state index contributed by atoms with van der Waals surface area (Å²) in [6, 6.07) is -0.158. The lowest BCUT2D eigenvalue weighted by Gasteiger charge is -2.35. The van der Waals surface area contributed by atoms with E-state index >= 15 is 0 Å². The first-order valence-electron chi connectivity index (χ1n) is 5.89. The van der Waals surface area contributed by atoms with Gasteiger partial charge in [0.15, 0.2) is 0 Å². The second-order valence-electron chi connectivity index (χ2n) is 4.04. The Morgan fingerprint density at radius 3 is 2.89 bits per heavy atom. The highest BCUT2D eigenvalue weighted by Gasteiger charge is 2.27. The molecule has 0 aliphatic carbocycles. The van der Waals surface area contributed by atoms with Crippen LogP contribution in [0.3, 0.4) is 0 Å². The van der Waals surface area contributed by atoms with E-state index in [9.17, 15) is 9.59 Å². The molecule has 1 heterocycles. The van der Waals surface area contributed by atoms with Crippen LogP contribution in [0, 0.1) is 12.3 Å². The molecule has 1 saturated heterocycles. The monoisotopic (exact) mass is 254 g/mol. The maximum Gasteiger partial charge on any atom is 0.320 e. The van der Waals surface area contributed by atoms with Crippen LogP contribution in [-0.4, -0.2) is 65.8 Å². The molecule has 0 bridgehead atoms. The number of morpholine rings is 1. The zero-order chi connectivity index (χ0) is 13.5. The minimum absolute atomic E-state index is 0.0922. The highest BCUT2D eigenvalue weighted by atomic mass is 16.5. The lowest BCUT2D eigenvalue weighted by molar-refractivity contribution is -0.141. The van der Waals surface area contributed by atoms with E-state index in [4.69, 9.17) is 16.3 Å². The topological polar surface area (TPSA) is 70.1 Å². The number of carbonyl (C=O) groups excluding carboxylic acids is 1. The van der Waals surface area contributed by atoms with E-state index < -0.39 is 12.1 Å². The zero-order valence-electron chi connectivity index (χ0n) is 10.5. The first-order valence-corrected chi connectivity index (χ1v) is 5.89. The minimum Gasteiger partial charge on any atom is -0.481 e. The van der Waals surface area contributed by atoms with Crippen molar-refractivity contribution in [2.75, 3.05) is 32.8 Å². The molecular weight excluding hydrogens is 236 g/mol. The van der Waals surface area contributed by atoms with Gasteiger partial charge in [0.1, 0.15) is 0 Å². The summed E-state index contributed by atoms with van der Waals surface area (Å²) in [6.07, 6.45) is 4.67. The molecule has 1 aliphatic heterocycles.